The monoisotopic (exact) mass is 632 g/mol. The Balaban J connectivity index is 1.63. The van der Waals surface area contributed by atoms with Gasteiger partial charge in [0, 0.05) is 12.0 Å². The van der Waals surface area contributed by atoms with Crippen LogP contribution in [-0.2, 0) is 20.7 Å². The molecule has 0 saturated carbocycles. The minimum absolute atomic E-state index is 0.00595. The van der Waals surface area contributed by atoms with Crippen molar-refractivity contribution in [3.05, 3.63) is 81.9 Å². The van der Waals surface area contributed by atoms with E-state index in [-0.39, 0.29) is 34.1 Å². The van der Waals surface area contributed by atoms with Crippen LogP contribution >= 0.6 is 11.3 Å². The molecule has 0 aliphatic carbocycles. The molecule has 0 spiro atoms. The largest absolute Gasteiger partial charge is 0.507 e. The highest BCUT2D eigenvalue weighted by Crippen LogP contribution is 2.46. The average molecular weight is 633 g/mol. The second-order valence-electron chi connectivity index (χ2n) is 11.4. The number of thiazole rings is 1. The van der Waals surface area contributed by atoms with Gasteiger partial charge in [0.05, 0.1) is 31.0 Å². The number of methoxy groups -OCH3 is 1. The predicted molar refractivity (Wildman–Crippen MR) is 170 cm³/mol. The second kappa shape index (κ2) is 13.2. The summed E-state index contributed by atoms with van der Waals surface area (Å²) in [6, 6.07) is 9.21. The predicted octanol–water partition coefficient (Wildman–Crippen LogP) is 6.18. The smallest absolute Gasteiger partial charge is 0.350 e. The molecule has 3 aromatic rings. The number of rotatable bonds is 11. The van der Waals surface area contributed by atoms with Crippen LogP contribution in [0.1, 0.15) is 65.3 Å². The molecule has 5 rings (SSSR count). The van der Waals surface area contributed by atoms with Crippen molar-refractivity contribution in [1.82, 2.24) is 4.98 Å². The van der Waals surface area contributed by atoms with Crippen LogP contribution < -0.4 is 19.1 Å². The Hall–Kier alpha value is -4.64. The lowest BCUT2D eigenvalue weighted by Crippen LogP contribution is -2.29. The number of aliphatic hydroxyl groups excluding tert-OH is 1. The number of ether oxygens (including phenoxy) is 4. The van der Waals surface area contributed by atoms with Crippen molar-refractivity contribution < 1.29 is 38.4 Å². The van der Waals surface area contributed by atoms with E-state index in [1.54, 1.807) is 43.3 Å². The molecule has 10 nitrogen and oxygen atoms in total. The molecule has 3 heterocycles. The summed E-state index contributed by atoms with van der Waals surface area (Å²) in [5.74, 6) is -0.675. The van der Waals surface area contributed by atoms with E-state index < -0.39 is 23.7 Å². The number of hydrogen-bond donors (Lipinski definition) is 1. The van der Waals surface area contributed by atoms with Gasteiger partial charge in [-0.1, -0.05) is 43.9 Å². The Morgan fingerprint density at radius 3 is 2.71 bits per heavy atom. The molecule has 1 saturated heterocycles. The van der Waals surface area contributed by atoms with Crippen molar-refractivity contribution in [2.45, 2.75) is 52.7 Å². The number of nitrogens with zero attached hydrogens (tertiary/aromatic N) is 2. The number of esters is 1. The number of hydrogen-bond acceptors (Lipinski definition) is 10. The molecule has 1 amide bonds. The average Bonchev–Trinajstić information content (AvgIpc) is 3.66. The van der Waals surface area contributed by atoms with Gasteiger partial charge in [0.15, 0.2) is 16.6 Å². The maximum Gasteiger partial charge on any atom is 0.350 e. The Labute approximate surface area is 265 Å². The van der Waals surface area contributed by atoms with E-state index >= 15 is 0 Å². The summed E-state index contributed by atoms with van der Waals surface area (Å²) in [5, 5.41) is 11.8. The fourth-order valence-corrected chi connectivity index (χ4v) is 6.31. The Morgan fingerprint density at radius 1 is 1.22 bits per heavy atom. The molecule has 236 valence electrons. The molecule has 2 aliphatic heterocycles. The number of aliphatic hydroxyl groups is 1. The number of carbonyl (C=O) groups is 3. The fraction of sp³-hybridized carbons (Fsp3) is 0.353. The molecular weight excluding hydrogens is 596 g/mol. The van der Waals surface area contributed by atoms with E-state index in [0.29, 0.717) is 53.0 Å². The molecule has 2 aromatic carbocycles. The first kappa shape index (κ1) is 31.8. The van der Waals surface area contributed by atoms with Crippen LogP contribution in [0, 0.1) is 12.8 Å². The van der Waals surface area contributed by atoms with E-state index in [1.165, 1.54) is 18.1 Å². The summed E-state index contributed by atoms with van der Waals surface area (Å²) in [4.78, 5) is 46.1. The third kappa shape index (κ3) is 6.30. The zero-order valence-corrected chi connectivity index (χ0v) is 26.7. The number of amides is 1. The topological polar surface area (TPSA) is 124 Å². The molecule has 1 N–H and O–H groups in total. The lowest BCUT2D eigenvalue weighted by atomic mass is 9.94. The van der Waals surface area contributed by atoms with Gasteiger partial charge in [-0.25, -0.2) is 9.78 Å². The summed E-state index contributed by atoms with van der Waals surface area (Å²) >= 11 is 0.929. The first-order chi connectivity index (χ1) is 21.5. The normalized spacial score (nSPS) is 18.6. The third-order valence-corrected chi connectivity index (χ3v) is 8.72. The van der Waals surface area contributed by atoms with Crippen molar-refractivity contribution in [3.8, 4) is 17.2 Å². The van der Waals surface area contributed by atoms with Crippen LogP contribution in [0.4, 0.5) is 5.13 Å². The number of ketones is 1. The number of fused-ring (bicyclic) bond motifs is 1. The van der Waals surface area contributed by atoms with Gasteiger partial charge in [-0.15, -0.1) is 0 Å². The van der Waals surface area contributed by atoms with Gasteiger partial charge in [-0.05, 0) is 67.6 Å². The van der Waals surface area contributed by atoms with Crippen LogP contribution in [-0.4, -0.2) is 54.2 Å². The zero-order chi connectivity index (χ0) is 32.4. The summed E-state index contributed by atoms with van der Waals surface area (Å²) < 4.78 is 22.6. The molecule has 11 heteroatoms. The Bertz CT molecular complexity index is 1690. The number of aromatic nitrogens is 1. The molecule has 2 aliphatic rings. The lowest BCUT2D eigenvalue weighted by Gasteiger charge is -2.24. The first-order valence-electron chi connectivity index (χ1n) is 14.7. The van der Waals surface area contributed by atoms with Crippen molar-refractivity contribution in [3.63, 3.8) is 0 Å². The van der Waals surface area contributed by atoms with Gasteiger partial charge in [0.1, 0.15) is 29.1 Å². The summed E-state index contributed by atoms with van der Waals surface area (Å²) in [6.45, 7) is 11.8. The quantitative estimate of drug-likeness (QED) is 0.0868. The number of aryl methyl sites for hydroxylation is 1. The minimum atomic E-state index is -1.09. The number of anilines is 1. The van der Waals surface area contributed by atoms with Gasteiger partial charge in [-0.3, -0.25) is 14.5 Å². The maximum absolute atomic E-state index is 13.8. The number of benzene rings is 2. The summed E-state index contributed by atoms with van der Waals surface area (Å²) in [5.41, 5.74) is 1.96. The molecular formula is C34H36N2O8S. The van der Waals surface area contributed by atoms with Crippen molar-refractivity contribution in [1.29, 1.82) is 0 Å². The fourth-order valence-electron chi connectivity index (χ4n) is 5.32. The molecule has 45 heavy (non-hydrogen) atoms. The van der Waals surface area contributed by atoms with E-state index in [4.69, 9.17) is 18.9 Å². The molecule has 2 atom stereocenters. The third-order valence-electron chi connectivity index (χ3n) is 7.58. The van der Waals surface area contributed by atoms with Gasteiger partial charge >= 0.3 is 11.9 Å². The van der Waals surface area contributed by atoms with Crippen LogP contribution in [0.15, 0.2) is 54.6 Å². The number of Topliss-reactive ketones (excluding diaryl/α,β-unsaturated/α-hetero) is 1. The highest BCUT2D eigenvalue weighted by atomic mass is 32.1. The van der Waals surface area contributed by atoms with Gasteiger partial charge in [0.2, 0.25) is 0 Å². The summed E-state index contributed by atoms with van der Waals surface area (Å²) in [6.07, 6.45) is 2.92. The van der Waals surface area contributed by atoms with Crippen LogP contribution in [0.2, 0.25) is 0 Å². The van der Waals surface area contributed by atoms with E-state index in [1.807, 2.05) is 6.92 Å². The maximum atomic E-state index is 13.8. The van der Waals surface area contributed by atoms with Crippen LogP contribution in [0.25, 0.3) is 5.76 Å². The standard InChI is InChI=1S/C34H36N2O8S/c1-7-13-43-33(40)31-20(5)35-34(45-31)36-28(21-8-11-25(26(17-21)41-6)42-14-12-18(2)3)27(30(38)32(36)39)29(37)22-9-10-24-23(16-22)15-19(4)44-24/h7-11,16-19,28,37H,1,12-15H2,2-6H3. The molecule has 0 bridgehead atoms. The number of carbonyl (C=O) groups excluding carboxylic acids is 3. The second-order valence-corrected chi connectivity index (χ2v) is 12.3. The molecule has 1 aromatic heterocycles. The van der Waals surface area contributed by atoms with Crippen molar-refractivity contribution >= 4 is 39.9 Å². The van der Waals surface area contributed by atoms with Crippen LogP contribution in [0.5, 0.6) is 17.2 Å². The lowest BCUT2D eigenvalue weighted by molar-refractivity contribution is -0.132. The van der Waals surface area contributed by atoms with E-state index in [9.17, 15) is 19.5 Å². The highest BCUT2D eigenvalue weighted by Gasteiger charge is 2.49. The van der Waals surface area contributed by atoms with Gasteiger partial charge in [0.25, 0.3) is 5.78 Å². The zero-order valence-electron chi connectivity index (χ0n) is 25.9. The van der Waals surface area contributed by atoms with E-state index in [0.717, 1.165) is 23.3 Å². The highest BCUT2D eigenvalue weighted by molar-refractivity contribution is 7.17. The van der Waals surface area contributed by atoms with Gasteiger partial charge in [-0.2, -0.15) is 0 Å². The Morgan fingerprint density at radius 2 is 2.00 bits per heavy atom. The molecule has 0 radical (unpaired) electrons. The molecule has 2 unspecified atom stereocenters. The minimum Gasteiger partial charge on any atom is -0.507 e. The molecule has 1 fully saturated rings. The van der Waals surface area contributed by atoms with Crippen LogP contribution in [0.3, 0.4) is 0 Å². The van der Waals surface area contributed by atoms with Gasteiger partial charge < -0.3 is 24.1 Å². The van der Waals surface area contributed by atoms with Crippen molar-refractivity contribution in [2.75, 3.05) is 25.2 Å². The van der Waals surface area contributed by atoms with E-state index in [2.05, 4.69) is 25.4 Å². The SMILES string of the molecule is C=CCOC(=O)c1sc(N2C(=O)C(=O)C(=C(O)c3ccc4c(c3)CC(C)O4)C2c2ccc(OCCC(C)C)c(OC)c2)nc1C. The Kier molecular flexibility index (Phi) is 9.29. The van der Waals surface area contributed by atoms with Crippen molar-refractivity contribution in [2.24, 2.45) is 5.92 Å². The first-order valence-corrected chi connectivity index (χ1v) is 15.5. The summed E-state index contributed by atoms with van der Waals surface area (Å²) in [7, 11) is 1.50.